The lowest BCUT2D eigenvalue weighted by atomic mass is 10.2. The van der Waals surface area contributed by atoms with Crippen molar-refractivity contribution in [2.45, 2.75) is 6.04 Å². The number of rotatable bonds is 2. The fourth-order valence-electron chi connectivity index (χ4n) is 0.533. The van der Waals surface area contributed by atoms with Gasteiger partial charge in [0.05, 0.1) is 0 Å². The Morgan fingerprint density at radius 1 is 1.91 bits per heavy atom. The van der Waals surface area contributed by atoms with Crippen LogP contribution in [-0.4, -0.2) is 16.1 Å². The summed E-state index contributed by atoms with van der Waals surface area (Å²) in [4.78, 5) is 13.8. The molecule has 0 aliphatic carbocycles. The SMILES string of the molecule is NC(C(=O)O)c1coc(Cl)n1. The Balaban J connectivity index is 2.84. The molecule has 6 heteroatoms. The van der Waals surface area contributed by atoms with Crippen molar-refractivity contribution in [1.29, 1.82) is 0 Å². The van der Waals surface area contributed by atoms with Crippen molar-refractivity contribution in [3.63, 3.8) is 0 Å². The Labute approximate surface area is 66.8 Å². The van der Waals surface area contributed by atoms with Gasteiger partial charge in [-0.05, 0) is 11.6 Å². The summed E-state index contributed by atoms with van der Waals surface area (Å²) < 4.78 is 4.55. The summed E-state index contributed by atoms with van der Waals surface area (Å²) in [6.45, 7) is 0. The monoisotopic (exact) mass is 176 g/mol. The van der Waals surface area contributed by atoms with Gasteiger partial charge in [-0.2, -0.15) is 0 Å². The zero-order valence-corrected chi connectivity index (χ0v) is 6.08. The molecular weight excluding hydrogens is 172 g/mol. The van der Waals surface area contributed by atoms with E-state index < -0.39 is 12.0 Å². The molecule has 1 aromatic rings. The van der Waals surface area contributed by atoms with Crippen LogP contribution in [0, 0.1) is 0 Å². The zero-order valence-electron chi connectivity index (χ0n) is 5.32. The lowest BCUT2D eigenvalue weighted by molar-refractivity contribution is -0.138. The number of carboxylic acid groups (broad SMARTS) is 1. The van der Waals surface area contributed by atoms with E-state index in [1.165, 1.54) is 0 Å². The smallest absolute Gasteiger partial charge is 0.326 e. The third-order valence-electron chi connectivity index (χ3n) is 1.08. The summed E-state index contributed by atoms with van der Waals surface area (Å²) >= 11 is 5.28. The number of aromatic nitrogens is 1. The predicted octanol–water partition coefficient (Wildman–Crippen LogP) is 0.412. The highest BCUT2D eigenvalue weighted by molar-refractivity contribution is 6.27. The average molecular weight is 177 g/mol. The summed E-state index contributed by atoms with van der Waals surface area (Å²) in [6, 6.07) is -1.17. The number of oxazole rings is 1. The van der Waals surface area contributed by atoms with Crippen LogP contribution in [0.15, 0.2) is 10.7 Å². The van der Waals surface area contributed by atoms with Gasteiger partial charge in [0.15, 0.2) is 0 Å². The minimum absolute atomic E-state index is 0.113. The molecule has 1 heterocycles. The van der Waals surface area contributed by atoms with Gasteiger partial charge in [-0.3, -0.25) is 4.79 Å². The first-order valence-corrected chi connectivity index (χ1v) is 3.08. The normalized spacial score (nSPS) is 12.9. The van der Waals surface area contributed by atoms with Crippen LogP contribution in [0.2, 0.25) is 5.35 Å². The van der Waals surface area contributed by atoms with E-state index in [2.05, 4.69) is 9.40 Å². The van der Waals surface area contributed by atoms with Crippen LogP contribution in [-0.2, 0) is 4.79 Å². The summed E-state index contributed by atoms with van der Waals surface area (Å²) in [6.07, 6.45) is 1.11. The highest BCUT2D eigenvalue weighted by atomic mass is 35.5. The fourth-order valence-corrected chi connectivity index (χ4v) is 0.675. The number of hydrogen-bond acceptors (Lipinski definition) is 4. The van der Waals surface area contributed by atoms with Crippen molar-refractivity contribution in [2.75, 3.05) is 0 Å². The third kappa shape index (κ3) is 1.69. The number of nitrogens with zero attached hydrogens (tertiary/aromatic N) is 1. The van der Waals surface area contributed by atoms with Crippen molar-refractivity contribution in [3.8, 4) is 0 Å². The van der Waals surface area contributed by atoms with Crippen molar-refractivity contribution < 1.29 is 14.3 Å². The first-order chi connectivity index (χ1) is 5.11. The van der Waals surface area contributed by atoms with E-state index in [0.717, 1.165) is 6.26 Å². The number of hydrogen-bond donors (Lipinski definition) is 2. The average Bonchev–Trinajstić information content (AvgIpc) is 2.34. The maximum atomic E-state index is 10.3. The molecule has 0 saturated heterocycles. The molecule has 0 aliphatic rings. The molecule has 1 atom stereocenters. The fraction of sp³-hybridized carbons (Fsp3) is 0.200. The standard InChI is InChI=1S/C5H5ClN2O3/c6-5-8-2(1-11-5)3(7)4(9)10/h1,3H,7H2,(H,9,10). The van der Waals surface area contributed by atoms with Gasteiger partial charge in [-0.25, -0.2) is 4.98 Å². The Morgan fingerprint density at radius 3 is 2.91 bits per heavy atom. The minimum Gasteiger partial charge on any atom is -0.480 e. The van der Waals surface area contributed by atoms with Gasteiger partial charge in [-0.15, -0.1) is 0 Å². The molecule has 11 heavy (non-hydrogen) atoms. The quantitative estimate of drug-likeness (QED) is 0.681. The summed E-state index contributed by atoms with van der Waals surface area (Å²) in [5.41, 5.74) is 5.28. The largest absolute Gasteiger partial charge is 0.480 e. The molecule has 0 aromatic carbocycles. The van der Waals surface area contributed by atoms with Crippen LogP contribution in [0.1, 0.15) is 11.7 Å². The zero-order chi connectivity index (χ0) is 8.43. The number of nitrogens with two attached hydrogens (primary N) is 1. The van der Waals surface area contributed by atoms with Gasteiger partial charge < -0.3 is 15.3 Å². The molecule has 0 radical (unpaired) electrons. The van der Waals surface area contributed by atoms with Crippen LogP contribution >= 0.6 is 11.6 Å². The van der Waals surface area contributed by atoms with Crippen molar-refractivity contribution in [3.05, 3.63) is 17.3 Å². The van der Waals surface area contributed by atoms with E-state index in [0.29, 0.717) is 0 Å². The molecule has 0 aliphatic heterocycles. The second-order valence-corrected chi connectivity index (χ2v) is 2.16. The number of carbonyl (C=O) groups is 1. The Bertz CT molecular complexity index is 272. The van der Waals surface area contributed by atoms with E-state index in [4.69, 9.17) is 22.4 Å². The lowest BCUT2D eigenvalue weighted by Gasteiger charge is -1.98. The molecule has 60 valence electrons. The van der Waals surface area contributed by atoms with E-state index in [9.17, 15) is 4.79 Å². The molecule has 0 spiro atoms. The predicted molar refractivity (Wildman–Crippen MR) is 36.1 cm³/mol. The molecule has 1 rings (SSSR count). The van der Waals surface area contributed by atoms with Crippen LogP contribution in [0.4, 0.5) is 0 Å². The highest BCUT2D eigenvalue weighted by Gasteiger charge is 2.17. The van der Waals surface area contributed by atoms with Crippen LogP contribution in [0.3, 0.4) is 0 Å². The molecule has 0 fully saturated rings. The van der Waals surface area contributed by atoms with Gasteiger partial charge in [0.1, 0.15) is 18.0 Å². The maximum absolute atomic E-state index is 10.3. The Hall–Kier alpha value is -1.07. The van der Waals surface area contributed by atoms with Gasteiger partial charge in [0.2, 0.25) is 0 Å². The lowest BCUT2D eigenvalue weighted by Crippen LogP contribution is -2.20. The Kier molecular flexibility index (Phi) is 2.11. The van der Waals surface area contributed by atoms with E-state index in [1.54, 1.807) is 0 Å². The van der Waals surface area contributed by atoms with Crippen molar-refractivity contribution in [1.82, 2.24) is 4.98 Å². The maximum Gasteiger partial charge on any atom is 0.326 e. The summed E-state index contributed by atoms with van der Waals surface area (Å²) in [5, 5.41) is 8.28. The number of aliphatic carboxylic acids is 1. The molecule has 1 aromatic heterocycles. The van der Waals surface area contributed by atoms with Crippen molar-refractivity contribution in [2.24, 2.45) is 5.73 Å². The van der Waals surface area contributed by atoms with E-state index in [-0.39, 0.29) is 11.0 Å². The summed E-state index contributed by atoms with van der Waals surface area (Å²) in [7, 11) is 0. The number of carboxylic acids is 1. The van der Waals surface area contributed by atoms with Crippen LogP contribution in [0.25, 0.3) is 0 Å². The molecule has 0 bridgehead atoms. The van der Waals surface area contributed by atoms with Gasteiger partial charge in [0, 0.05) is 0 Å². The van der Waals surface area contributed by atoms with Crippen LogP contribution in [0.5, 0.6) is 0 Å². The first kappa shape index (κ1) is 8.03. The van der Waals surface area contributed by atoms with Gasteiger partial charge in [-0.1, -0.05) is 0 Å². The molecule has 5 nitrogen and oxygen atoms in total. The Morgan fingerprint density at radius 2 is 2.55 bits per heavy atom. The number of halogens is 1. The van der Waals surface area contributed by atoms with Crippen molar-refractivity contribution >= 4 is 17.6 Å². The van der Waals surface area contributed by atoms with Gasteiger partial charge >= 0.3 is 5.97 Å². The summed E-state index contributed by atoms with van der Waals surface area (Å²) in [5.74, 6) is -1.17. The second-order valence-electron chi connectivity index (χ2n) is 1.84. The third-order valence-corrected chi connectivity index (χ3v) is 1.25. The molecular formula is C5H5ClN2O3. The van der Waals surface area contributed by atoms with Gasteiger partial charge in [0.25, 0.3) is 5.35 Å². The first-order valence-electron chi connectivity index (χ1n) is 2.70. The second kappa shape index (κ2) is 2.89. The molecule has 1 unspecified atom stereocenters. The van der Waals surface area contributed by atoms with E-state index >= 15 is 0 Å². The minimum atomic E-state index is -1.17. The molecule has 3 N–H and O–H groups in total. The van der Waals surface area contributed by atoms with Crippen LogP contribution < -0.4 is 5.73 Å². The van der Waals surface area contributed by atoms with E-state index in [1.807, 2.05) is 0 Å². The molecule has 0 amide bonds. The highest BCUT2D eigenvalue weighted by Crippen LogP contribution is 2.12. The topological polar surface area (TPSA) is 89.4 Å². The molecule has 0 saturated carbocycles.